The normalized spacial score (nSPS) is 10.9. The van der Waals surface area contributed by atoms with Gasteiger partial charge in [-0.25, -0.2) is 9.97 Å². The van der Waals surface area contributed by atoms with Gasteiger partial charge < -0.3 is 20.1 Å². The Morgan fingerprint density at radius 2 is 0.960 bits per heavy atom. The molecule has 0 saturated carbocycles. The molecule has 0 radical (unpaired) electrons. The zero-order valence-corrected chi connectivity index (χ0v) is 27.6. The second kappa shape index (κ2) is 14.3. The molecule has 0 bridgehead atoms. The summed E-state index contributed by atoms with van der Waals surface area (Å²) in [6.07, 6.45) is 0. The maximum Gasteiger partial charge on any atom is 0.252 e. The lowest BCUT2D eigenvalue weighted by Crippen LogP contribution is -2.24. The van der Waals surface area contributed by atoms with E-state index in [0.717, 1.165) is 44.1 Å². The van der Waals surface area contributed by atoms with Crippen LogP contribution in [0.3, 0.4) is 0 Å². The fraction of sp³-hybridized carbons (Fsp3) is 0.0952. The molecule has 2 aromatic heterocycles. The Balaban J connectivity index is 1.07. The van der Waals surface area contributed by atoms with Crippen LogP contribution >= 0.6 is 0 Å². The van der Waals surface area contributed by atoms with Crippen molar-refractivity contribution in [1.29, 1.82) is 0 Å². The summed E-state index contributed by atoms with van der Waals surface area (Å²) in [5.74, 6) is 1.02. The van der Waals surface area contributed by atoms with Crippen LogP contribution in [0.15, 0.2) is 133 Å². The van der Waals surface area contributed by atoms with Crippen molar-refractivity contribution >= 4 is 33.6 Å². The van der Waals surface area contributed by atoms with Crippen LogP contribution in [-0.2, 0) is 13.1 Å². The first kappa shape index (κ1) is 32.0. The first-order chi connectivity index (χ1) is 24.5. The van der Waals surface area contributed by atoms with E-state index in [1.54, 1.807) is 14.2 Å². The maximum atomic E-state index is 13.6. The molecule has 7 aromatic rings. The Kier molecular flexibility index (Phi) is 9.16. The Hall–Kier alpha value is -6.54. The number of hydrogen-bond acceptors (Lipinski definition) is 6. The van der Waals surface area contributed by atoms with E-state index in [4.69, 9.17) is 19.4 Å². The number of nitrogens with one attached hydrogen (secondary N) is 2. The maximum absolute atomic E-state index is 13.6. The van der Waals surface area contributed by atoms with Gasteiger partial charge in [0.25, 0.3) is 11.8 Å². The third-order valence-corrected chi connectivity index (χ3v) is 8.55. The van der Waals surface area contributed by atoms with Gasteiger partial charge in [0, 0.05) is 35.0 Å². The Bertz CT molecular complexity index is 2210. The number of nitrogens with zero attached hydrogens (tertiary/aromatic N) is 2. The number of carbonyl (C=O) groups is 2. The highest BCUT2D eigenvalue weighted by atomic mass is 16.5. The molecule has 50 heavy (non-hydrogen) atoms. The lowest BCUT2D eigenvalue weighted by Gasteiger charge is -2.13. The van der Waals surface area contributed by atoms with Gasteiger partial charge in [0.15, 0.2) is 0 Å². The third kappa shape index (κ3) is 6.86. The first-order valence-corrected chi connectivity index (χ1v) is 16.2. The summed E-state index contributed by atoms with van der Waals surface area (Å²) >= 11 is 0. The number of aromatic nitrogens is 2. The highest BCUT2D eigenvalue weighted by Gasteiger charge is 2.16. The van der Waals surface area contributed by atoms with Crippen LogP contribution < -0.4 is 20.1 Å². The molecule has 0 aliphatic rings. The second-order valence-corrected chi connectivity index (χ2v) is 11.8. The summed E-state index contributed by atoms with van der Waals surface area (Å²) in [5.41, 5.74) is 7.43. The summed E-state index contributed by atoms with van der Waals surface area (Å²) in [5, 5.41) is 7.70. The minimum Gasteiger partial charge on any atom is -0.497 e. The minimum atomic E-state index is -0.206. The number of amides is 2. The molecule has 246 valence electrons. The van der Waals surface area contributed by atoms with Crippen LogP contribution in [0.25, 0.3) is 44.3 Å². The van der Waals surface area contributed by atoms with E-state index in [1.807, 2.05) is 133 Å². The Morgan fingerprint density at radius 1 is 0.520 bits per heavy atom. The quantitative estimate of drug-likeness (QED) is 0.154. The van der Waals surface area contributed by atoms with Crippen molar-refractivity contribution in [3.05, 3.63) is 156 Å². The van der Waals surface area contributed by atoms with E-state index >= 15 is 0 Å². The van der Waals surface area contributed by atoms with E-state index < -0.39 is 0 Å². The smallest absolute Gasteiger partial charge is 0.252 e. The fourth-order valence-corrected chi connectivity index (χ4v) is 5.99. The molecule has 8 nitrogen and oxygen atoms in total. The average molecular weight is 659 g/mol. The standard InChI is InChI=1S/C42H34N4O4/c1-49-31-14-8-12-29(21-31)39-23-35(33-16-3-5-18-37(33)45-39)41(47)43-25-27-10-7-11-28(20-27)26-44-42(48)36-24-40(30-13-9-15-32(22-30)50-2)46-38-19-6-4-17-34(36)38/h3-24H,25-26H2,1-2H3,(H,43,47)(H,44,48). The molecule has 2 amide bonds. The number of carbonyl (C=O) groups excluding carboxylic acids is 2. The highest BCUT2D eigenvalue weighted by molar-refractivity contribution is 6.08. The van der Waals surface area contributed by atoms with Gasteiger partial charge in [-0.2, -0.15) is 0 Å². The topological polar surface area (TPSA) is 102 Å². The van der Waals surface area contributed by atoms with E-state index in [2.05, 4.69) is 10.6 Å². The van der Waals surface area contributed by atoms with E-state index in [-0.39, 0.29) is 11.8 Å². The van der Waals surface area contributed by atoms with Crippen molar-refractivity contribution in [2.45, 2.75) is 13.1 Å². The number of para-hydroxylation sites is 2. The molecular weight excluding hydrogens is 624 g/mol. The van der Waals surface area contributed by atoms with Crippen LogP contribution in [0.1, 0.15) is 31.8 Å². The zero-order chi connectivity index (χ0) is 34.5. The lowest BCUT2D eigenvalue weighted by molar-refractivity contribution is 0.0945. The van der Waals surface area contributed by atoms with Gasteiger partial charge in [-0.1, -0.05) is 84.9 Å². The van der Waals surface area contributed by atoms with Crippen molar-refractivity contribution in [3.8, 4) is 34.0 Å². The van der Waals surface area contributed by atoms with Crippen molar-refractivity contribution < 1.29 is 19.1 Å². The third-order valence-electron chi connectivity index (χ3n) is 8.55. The molecule has 2 heterocycles. The molecule has 0 atom stereocenters. The van der Waals surface area contributed by atoms with Crippen LogP contribution in [-0.4, -0.2) is 36.0 Å². The molecule has 7 rings (SSSR count). The van der Waals surface area contributed by atoms with Gasteiger partial charge in [0.1, 0.15) is 11.5 Å². The summed E-state index contributed by atoms with van der Waals surface area (Å²) in [7, 11) is 3.24. The monoisotopic (exact) mass is 658 g/mol. The first-order valence-electron chi connectivity index (χ1n) is 16.2. The van der Waals surface area contributed by atoms with Crippen LogP contribution in [0.5, 0.6) is 11.5 Å². The van der Waals surface area contributed by atoms with E-state index in [1.165, 1.54) is 0 Å². The van der Waals surface area contributed by atoms with Crippen molar-refractivity contribution in [2.75, 3.05) is 14.2 Å². The molecular formula is C42H34N4O4. The Labute approximate surface area is 289 Å². The predicted octanol–water partition coefficient (Wildman–Crippen LogP) is 7.99. The lowest BCUT2D eigenvalue weighted by atomic mass is 10.0. The Morgan fingerprint density at radius 3 is 1.42 bits per heavy atom. The number of rotatable bonds is 10. The number of fused-ring (bicyclic) bond motifs is 2. The van der Waals surface area contributed by atoms with Crippen LogP contribution in [0, 0.1) is 0 Å². The minimum absolute atomic E-state index is 0.206. The molecule has 0 fully saturated rings. The van der Waals surface area contributed by atoms with Gasteiger partial charge in [-0.15, -0.1) is 0 Å². The molecule has 0 aliphatic carbocycles. The highest BCUT2D eigenvalue weighted by Crippen LogP contribution is 2.29. The molecule has 8 heteroatoms. The predicted molar refractivity (Wildman–Crippen MR) is 196 cm³/mol. The molecule has 2 N–H and O–H groups in total. The van der Waals surface area contributed by atoms with Crippen molar-refractivity contribution in [2.24, 2.45) is 0 Å². The number of methoxy groups -OCH3 is 2. The molecule has 0 saturated heterocycles. The fourth-order valence-electron chi connectivity index (χ4n) is 5.99. The second-order valence-electron chi connectivity index (χ2n) is 11.8. The van der Waals surface area contributed by atoms with Gasteiger partial charge >= 0.3 is 0 Å². The number of pyridine rings is 2. The molecule has 0 unspecified atom stereocenters. The van der Waals surface area contributed by atoms with Crippen LogP contribution in [0.4, 0.5) is 0 Å². The van der Waals surface area contributed by atoms with Crippen molar-refractivity contribution in [3.63, 3.8) is 0 Å². The number of hydrogen-bond donors (Lipinski definition) is 2. The van der Waals surface area contributed by atoms with Gasteiger partial charge in [-0.05, 0) is 59.7 Å². The van der Waals surface area contributed by atoms with Crippen molar-refractivity contribution in [1.82, 2.24) is 20.6 Å². The number of benzene rings is 5. The number of ether oxygens (including phenoxy) is 2. The molecule has 0 spiro atoms. The summed E-state index contributed by atoms with van der Waals surface area (Å²) < 4.78 is 10.8. The van der Waals surface area contributed by atoms with Crippen LogP contribution in [0.2, 0.25) is 0 Å². The summed E-state index contributed by atoms with van der Waals surface area (Å²) in [6.45, 7) is 0.620. The summed E-state index contributed by atoms with van der Waals surface area (Å²) in [4.78, 5) is 36.9. The average Bonchev–Trinajstić information content (AvgIpc) is 3.18. The largest absolute Gasteiger partial charge is 0.497 e. The van der Waals surface area contributed by atoms with Gasteiger partial charge in [0.2, 0.25) is 0 Å². The van der Waals surface area contributed by atoms with Gasteiger partial charge in [-0.3, -0.25) is 9.59 Å². The van der Waals surface area contributed by atoms with E-state index in [9.17, 15) is 9.59 Å². The molecule has 0 aliphatic heterocycles. The molecule has 5 aromatic carbocycles. The van der Waals surface area contributed by atoms with E-state index in [0.29, 0.717) is 47.1 Å². The SMILES string of the molecule is COc1cccc(-c2cc(C(=O)NCc3cccc(CNC(=O)c4cc(-c5cccc(OC)c5)nc5ccccc45)c3)c3ccccc3n2)c1. The zero-order valence-electron chi connectivity index (χ0n) is 27.6. The van der Waals surface area contributed by atoms with Gasteiger partial charge in [0.05, 0.1) is 47.8 Å². The summed E-state index contributed by atoms with van der Waals surface area (Å²) in [6, 6.07) is 41.9.